The van der Waals surface area contributed by atoms with E-state index in [4.69, 9.17) is 25.9 Å². The Labute approximate surface area is 207 Å². The van der Waals surface area contributed by atoms with Crippen LogP contribution in [0.1, 0.15) is 33.7 Å². The van der Waals surface area contributed by atoms with Crippen molar-refractivity contribution in [1.82, 2.24) is 19.5 Å². The van der Waals surface area contributed by atoms with Crippen LogP contribution in [0.3, 0.4) is 0 Å². The molecule has 0 fully saturated rings. The summed E-state index contributed by atoms with van der Waals surface area (Å²) in [6.45, 7) is 7.39. The van der Waals surface area contributed by atoms with E-state index in [1.54, 1.807) is 24.5 Å². The van der Waals surface area contributed by atoms with Crippen molar-refractivity contribution in [3.63, 3.8) is 0 Å². The SMILES string of the molecule is CC(C)[C@H](COP(=O)(O)CP(=O)(O)O)Nc1nc(Nc2cccc(Cl)c2)c2ncn(C(C)C)c2n1. The van der Waals surface area contributed by atoms with Gasteiger partial charge in [-0.05, 0) is 38.0 Å². The first kappa shape index (κ1) is 27.5. The van der Waals surface area contributed by atoms with E-state index in [1.165, 1.54) is 0 Å². The van der Waals surface area contributed by atoms with Gasteiger partial charge in [-0.25, -0.2) is 4.98 Å². The van der Waals surface area contributed by atoms with Crippen LogP contribution in [0, 0.1) is 5.92 Å². The molecule has 0 radical (unpaired) electrons. The molecular formula is C20H29ClN6O6P2. The van der Waals surface area contributed by atoms with Gasteiger partial charge in [0.25, 0.3) is 0 Å². The molecule has 0 saturated carbocycles. The van der Waals surface area contributed by atoms with Gasteiger partial charge in [-0.15, -0.1) is 0 Å². The van der Waals surface area contributed by atoms with Crippen molar-refractivity contribution in [1.29, 1.82) is 0 Å². The summed E-state index contributed by atoms with van der Waals surface area (Å²) in [5.74, 6) is -0.718. The van der Waals surface area contributed by atoms with Crippen LogP contribution in [0.5, 0.6) is 0 Å². The number of anilines is 3. The standard InChI is InChI=1S/C20H29ClN6O6P2/c1-12(2)16(9-33-35(31,32)11-34(28,29)30)24-20-25-18(23-15-7-5-6-14(21)8-15)17-19(26-20)27(10-22-17)13(3)4/h5-8,10,12-13,16H,9,11H2,1-4H3,(H,31,32)(H2,28,29,30)(H2,23,24,25,26)/t16-/m0/s1. The van der Waals surface area contributed by atoms with Gasteiger partial charge < -0.3 is 34.4 Å². The van der Waals surface area contributed by atoms with Crippen LogP contribution in [0.4, 0.5) is 17.5 Å². The summed E-state index contributed by atoms with van der Waals surface area (Å²) in [6.07, 6.45) is 1.67. The Hall–Kier alpha value is -2.04. The molecule has 0 aliphatic rings. The molecule has 3 aromatic rings. The van der Waals surface area contributed by atoms with Gasteiger partial charge in [0.15, 0.2) is 22.9 Å². The largest absolute Gasteiger partial charge is 0.349 e. The molecule has 5 N–H and O–H groups in total. The predicted octanol–water partition coefficient (Wildman–Crippen LogP) is 4.58. The fourth-order valence-corrected chi connectivity index (χ4v) is 5.96. The van der Waals surface area contributed by atoms with Gasteiger partial charge >= 0.3 is 15.2 Å². The molecule has 0 aliphatic heterocycles. The number of fused-ring (bicyclic) bond motifs is 1. The van der Waals surface area contributed by atoms with E-state index in [-0.39, 0.29) is 24.5 Å². The molecule has 0 amide bonds. The molecule has 1 unspecified atom stereocenters. The molecule has 0 aliphatic carbocycles. The summed E-state index contributed by atoms with van der Waals surface area (Å²) in [6, 6.07) is 6.65. The minimum Gasteiger partial charge on any atom is -0.349 e. The minimum atomic E-state index is -4.73. The lowest BCUT2D eigenvalue weighted by molar-refractivity contribution is 0.232. The van der Waals surface area contributed by atoms with Gasteiger partial charge in [0.2, 0.25) is 5.95 Å². The second-order valence-electron chi connectivity index (χ2n) is 8.68. The molecule has 0 bridgehead atoms. The fraction of sp³-hybridized carbons (Fsp3) is 0.450. The molecule has 35 heavy (non-hydrogen) atoms. The van der Waals surface area contributed by atoms with Crippen LogP contribution in [0.2, 0.25) is 5.02 Å². The van der Waals surface area contributed by atoms with Gasteiger partial charge in [0.05, 0.1) is 19.0 Å². The van der Waals surface area contributed by atoms with Gasteiger partial charge in [-0.3, -0.25) is 9.13 Å². The molecule has 192 valence electrons. The predicted molar refractivity (Wildman–Crippen MR) is 135 cm³/mol. The molecule has 15 heteroatoms. The highest BCUT2D eigenvalue weighted by molar-refractivity contribution is 7.70. The Balaban J connectivity index is 1.93. The minimum absolute atomic E-state index is 0.0684. The van der Waals surface area contributed by atoms with E-state index < -0.39 is 27.1 Å². The number of hydrogen-bond donors (Lipinski definition) is 5. The van der Waals surface area contributed by atoms with Gasteiger partial charge in [-0.2, -0.15) is 9.97 Å². The second-order valence-corrected chi connectivity index (χ2v) is 13.1. The Morgan fingerprint density at radius 3 is 2.46 bits per heavy atom. The third-order valence-corrected chi connectivity index (χ3v) is 8.69. The second kappa shape index (κ2) is 10.9. The molecule has 2 atom stereocenters. The van der Waals surface area contributed by atoms with Crippen molar-refractivity contribution in [3.05, 3.63) is 35.6 Å². The number of hydrogen-bond acceptors (Lipinski definition) is 8. The Morgan fingerprint density at radius 1 is 1.14 bits per heavy atom. The summed E-state index contributed by atoms with van der Waals surface area (Å²) in [4.78, 5) is 41.5. The van der Waals surface area contributed by atoms with Crippen LogP contribution in [0.25, 0.3) is 11.2 Å². The maximum atomic E-state index is 12.1. The third-order valence-electron chi connectivity index (χ3n) is 5.00. The highest BCUT2D eigenvalue weighted by atomic mass is 35.5. The summed E-state index contributed by atoms with van der Waals surface area (Å²) < 4.78 is 30.1. The molecule has 0 spiro atoms. The fourth-order valence-electron chi connectivity index (χ4n) is 3.19. The summed E-state index contributed by atoms with van der Waals surface area (Å²) >= 11 is 6.11. The first-order valence-electron chi connectivity index (χ1n) is 10.8. The van der Waals surface area contributed by atoms with Crippen LogP contribution in [-0.2, 0) is 13.7 Å². The van der Waals surface area contributed by atoms with Gasteiger partial charge in [-0.1, -0.05) is 31.5 Å². The van der Waals surface area contributed by atoms with Crippen molar-refractivity contribution in [3.8, 4) is 0 Å². The molecular weight excluding hydrogens is 518 g/mol. The quantitative estimate of drug-likeness (QED) is 0.213. The molecule has 1 aromatic carbocycles. The first-order chi connectivity index (χ1) is 16.2. The number of rotatable bonds is 11. The lowest BCUT2D eigenvalue weighted by atomic mass is 10.1. The van der Waals surface area contributed by atoms with E-state index in [9.17, 15) is 14.0 Å². The number of nitrogens with one attached hydrogen (secondary N) is 2. The number of nitrogens with zero attached hydrogens (tertiary/aromatic N) is 4. The zero-order valence-corrected chi connectivity index (χ0v) is 22.2. The number of imidazole rings is 1. The normalized spacial score (nSPS) is 14.9. The van der Waals surface area contributed by atoms with E-state index in [0.29, 0.717) is 27.7 Å². The van der Waals surface area contributed by atoms with E-state index >= 15 is 0 Å². The maximum Gasteiger partial charge on any atom is 0.340 e. The van der Waals surface area contributed by atoms with Crippen LogP contribution in [-0.4, -0.2) is 52.8 Å². The number of aromatic nitrogens is 4. The lowest BCUT2D eigenvalue weighted by Gasteiger charge is -2.24. The Morgan fingerprint density at radius 2 is 1.86 bits per heavy atom. The average Bonchev–Trinajstić information content (AvgIpc) is 3.13. The highest BCUT2D eigenvalue weighted by Crippen LogP contribution is 2.55. The molecule has 12 nitrogen and oxygen atoms in total. The first-order valence-corrected chi connectivity index (χ1v) is 14.7. The third kappa shape index (κ3) is 7.72. The van der Waals surface area contributed by atoms with Crippen LogP contribution >= 0.6 is 26.8 Å². The van der Waals surface area contributed by atoms with Crippen molar-refractivity contribution < 1.29 is 28.3 Å². The van der Waals surface area contributed by atoms with Crippen molar-refractivity contribution in [2.75, 3.05) is 23.1 Å². The molecule has 0 saturated heterocycles. The average molecular weight is 547 g/mol. The topological polar surface area (TPSA) is 172 Å². The number of benzene rings is 1. The highest BCUT2D eigenvalue weighted by Gasteiger charge is 2.32. The Bertz CT molecular complexity index is 1280. The molecule has 3 rings (SSSR count). The summed E-state index contributed by atoms with van der Waals surface area (Å²) in [5.41, 5.74) is 1.81. The summed E-state index contributed by atoms with van der Waals surface area (Å²) in [5, 5.41) is 6.88. The van der Waals surface area contributed by atoms with Crippen molar-refractivity contribution >= 4 is 55.4 Å². The van der Waals surface area contributed by atoms with Gasteiger partial charge in [0, 0.05) is 16.8 Å². The van der Waals surface area contributed by atoms with Crippen molar-refractivity contribution in [2.24, 2.45) is 5.92 Å². The smallest absolute Gasteiger partial charge is 0.340 e. The zero-order chi connectivity index (χ0) is 26.0. The van der Waals surface area contributed by atoms with Crippen molar-refractivity contribution in [2.45, 2.75) is 39.8 Å². The van der Waals surface area contributed by atoms with E-state index in [0.717, 1.165) is 0 Å². The van der Waals surface area contributed by atoms with E-state index in [1.807, 2.05) is 38.3 Å². The lowest BCUT2D eigenvalue weighted by Crippen LogP contribution is -2.31. The summed E-state index contributed by atoms with van der Waals surface area (Å²) in [7, 11) is -9.23. The zero-order valence-electron chi connectivity index (χ0n) is 19.7. The molecule has 2 heterocycles. The van der Waals surface area contributed by atoms with E-state index in [2.05, 4.69) is 25.6 Å². The Kier molecular flexibility index (Phi) is 8.60. The molecule has 2 aromatic heterocycles. The number of halogens is 1. The monoisotopic (exact) mass is 546 g/mol. The maximum absolute atomic E-state index is 12.1. The van der Waals surface area contributed by atoms with Crippen LogP contribution in [0.15, 0.2) is 30.6 Å². The van der Waals surface area contributed by atoms with Crippen LogP contribution < -0.4 is 10.6 Å². The van der Waals surface area contributed by atoms with Gasteiger partial charge in [0.1, 0.15) is 0 Å².